The molecule has 2 aromatic carbocycles. The fourth-order valence-electron chi connectivity index (χ4n) is 2.60. The van der Waals surface area contributed by atoms with Crippen LogP contribution < -0.4 is 0 Å². The van der Waals surface area contributed by atoms with Crippen molar-refractivity contribution >= 4 is 29.0 Å². The first-order valence-corrected chi connectivity index (χ1v) is 7.17. The molecule has 4 heteroatoms. The van der Waals surface area contributed by atoms with Crippen LogP contribution in [0.3, 0.4) is 0 Å². The number of hydrogen-bond donors (Lipinski definition) is 1. The van der Waals surface area contributed by atoms with E-state index in [4.69, 9.17) is 28.6 Å². The van der Waals surface area contributed by atoms with Crippen LogP contribution in [-0.4, -0.2) is 10.7 Å². The van der Waals surface area contributed by atoms with Gasteiger partial charge in [-0.2, -0.15) is 0 Å². The van der Waals surface area contributed by atoms with E-state index in [1.807, 2.05) is 29.2 Å². The molecule has 0 fully saturated rings. The Labute approximate surface area is 128 Å². The summed E-state index contributed by atoms with van der Waals surface area (Å²) in [5, 5.41) is 9.54. The zero-order valence-corrected chi connectivity index (χ0v) is 12.6. The van der Waals surface area contributed by atoms with Crippen molar-refractivity contribution in [1.82, 2.24) is 4.90 Å². The maximum atomic E-state index is 8.27. The highest BCUT2D eigenvalue weighted by Crippen LogP contribution is 2.27. The summed E-state index contributed by atoms with van der Waals surface area (Å²) in [5.41, 5.74) is 4.48. The van der Waals surface area contributed by atoms with Crippen LogP contribution in [0.25, 0.3) is 0 Å². The molecule has 1 heterocycles. The number of nitrogens with one attached hydrogen (secondary N) is 1. The monoisotopic (exact) mass is 304 g/mol. The van der Waals surface area contributed by atoms with Crippen LogP contribution in [0.4, 0.5) is 0 Å². The molecular formula is C16H14Cl2N2. The number of benzene rings is 2. The highest BCUT2D eigenvalue weighted by atomic mass is 35.5. The quantitative estimate of drug-likeness (QED) is 0.859. The molecule has 0 spiro atoms. The maximum Gasteiger partial charge on any atom is 0.129 e. The molecule has 0 amide bonds. The zero-order valence-electron chi connectivity index (χ0n) is 11.1. The molecule has 0 aromatic heterocycles. The molecule has 20 heavy (non-hydrogen) atoms. The van der Waals surface area contributed by atoms with Crippen molar-refractivity contribution < 1.29 is 0 Å². The molecular weight excluding hydrogens is 291 g/mol. The third-order valence-corrected chi connectivity index (χ3v) is 3.93. The van der Waals surface area contributed by atoms with Crippen LogP contribution in [0.5, 0.6) is 0 Å². The van der Waals surface area contributed by atoms with Gasteiger partial charge in [0, 0.05) is 28.7 Å². The minimum Gasteiger partial charge on any atom is -0.348 e. The van der Waals surface area contributed by atoms with Crippen LogP contribution in [0, 0.1) is 12.3 Å². The number of nitrogens with zero attached hydrogens (tertiary/aromatic N) is 1. The van der Waals surface area contributed by atoms with Gasteiger partial charge in [-0.15, -0.1) is 0 Å². The molecule has 0 saturated heterocycles. The van der Waals surface area contributed by atoms with Gasteiger partial charge >= 0.3 is 0 Å². The second-order valence-electron chi connectivity index (χ2n) is 5.14. The van der Waals surface area contributed by atoms with Gasteiger partial charge in [0.05, 0.1) is 0 Å². The van der Waals surface area contributed by atoms with Crippen LogP contribution >= 0.6 is 23.2 Å². The standard InChI is InChI=1S/C16H14Cl2N2/c1-10-2-3-15-12(4-10)9-20(16(15)19)8-11-5-13(17)7-14(18)6-11/h2-7,19H,8-9H2,1H3. The zero-order chi connectivity index (χ0) is 14.3. The Morgan fingerprint density at radius 3 is 2.50 bits per heavy atom. The van der Waals surface area contributed by atoms with Gasteiger partial charge < -0.3 is 4.90 Å². The van der Waals surface area contributed by atoms with E-state index in [0.717, 1.165) is 17.7 Å². The van der Waals surface area contributed by atoms with Crippen molar-refractivity contribution in [1.29, 1.82) is 5.41 Å². The number of hydrogen-bond acceptors (Lipinski definition) is 1. The second kappa shape index (κ2) is 5.12. The first-order valence-electron chi connectivity index (χ1n) is 6.41. The van der Waals surface area contributed by atoms with Gasteiger partial charge in [-0.05, 0) is 36.2 Å². The Kier molecular flexibility index (Phi) is 3.45. The van der Waals surface area contributed by atoms with Crippen LogP contribution in [0.15, 0.2) is 36.4 Å². The molecule has 0 aliphatic carbocycles. The van der Waals surface area contributed by atoms with Crippen LogP contribution in [-0.2, 0) is 13.1 Å². The molecule has 3 rings (SSSR count). The third-order valence-electron chi connectivity index (χ3n) is 3.49. The number of fused-ring (bicyclic) bond motifs is 1. The van der Waals surface area contributed by atoms with E-state index in [-0.39, 0.29) is 0 Å². The van der Waals surface area contributed by atoms with Gasteiger partial charge in [0.15, 0.2) is 0 Å². The third kappa shape index (κ3) is 2.54. The van der Waals surface area contributed by atoms with Gasteiger partial charge in [-0.3, -0.25) is 5.41 Å². The Balaban J connectivity index is 1.85. The molecule has 2 nitrogen and oxygen atoms in total. The lowest BCUT2D eigenvalue weighted by molar-refractivity contribution is 0.422. The van der Waals surface area contributed by atoms with Crippen LogP contribution in [0.1, 0.15) is 22.3 Å². The molecule has 0 unspecified atom stereocenters. The largest absolute Gasteiger partial charge is 0.348 e. The molecule has 0 radical (unpaired) electrons. The van der Waals surface area contributed by atoms with E-state index in [1.165, 1.54) is 11.1 Å². The summed E-state index contributed by atoms with van der Waals surface area (Å²) in [7, 11) is 0. The fourth-order valence-corrected chi connectivity index (χ4v) is 3.17. The second-order valence-corrected chi connectivity index (χ2v) is 6.02. The predicted molar refractivity (Wildman–Crippen MR) is 83.7 cm³/mol. The molecule has 0 bridgehead atoms. The Morgan fingerprint density at radius 2 is 1.80 bits per heavy atom. The summed E-state index contributed by atoms with van der Waals surface area (Å²) in [4.78, 5) is 2.03. The van der Waals surface area contributed by atoms with E-state index in [0.29, 0.717) is 22.4 Å². The van der Waals surface area contributed by atoms with Gasteiger partial charge in [0.25, 0.3) is 0 Å². The average Bonchev–Trinajstić information content (AvgIpc) is 2.64. The number of halogens is 2. The first kappa shape index (κ1) is 13.5. The Bertz CT molecular complexity index is 675. The lowest BCUT2D eigenvalue weighted by Gasteiger charge is -2.18. The summed E-state index contributed by atoms with van der Waals surface area (Å²) in [6, 6.07) is 11.7. The van der Waals surface area contributed by atoms with E-state index >= 15 is 0 Å². The van der Waals surface area contributed by atoms with E-state index < -0.39 is 0 Å². The SMILES string of the molecule is Cc1ccc2c(c1)CN(Cc1cc(Cl)cc(Cl)c1)C2=N. The van der Waals surface area contributed by atoms with Crippen molar-refractivity contribution in [3.05, 3.63) is 68.7 Å². The van der Waals surface area contributed by atoms with Crippen molar-refractivity contribution in [2.45, 2.75) is 20.0 Å². The fraction of sp³-hybridized carbons (Fsp3) is 0.188. The van der Waals surface area contributed by atoms with Crippen LogP contribution in [0.2, 0.25) is 10.0 Å². The Morgan fingerprint density at radius 1 is 1.10 bits per heavy atom. The predicted octanol–water partition coefficient (Wildman–Crippen LogP) is 4.64. The average molecular weight is 305 g/mol. The molecule has 0 atom stereocenters. The minimum absolute atomic E-state index is 0.566. The smallest absolute Gasteiger partial charge is 0.129 e. The summed E-state index contributed by atoms with van der Waals surface area (Å²) in [6.45, 7) is 3.48. The van der Waals surface area contributed by atoms with Gasteiger partial charge in [0.1, 0.15) is 5.84 Å². The van der Waals surface area contributed by atoms with Crippen molar-refractivity contribution in [2.24, 2.45) is 0 Å². The van der Waals surface area contributed by atoms with E-state index in [9.17, 15) is 0 Å². The van der Waals surface area contributed by atoms with Crippen molar-refractivity contribution in [3.8, 4) is 0 Å². The lowest BCUT2D eigenvalue weighted by atomic mass is 10.1. The van der Waals surface area contributed by atoms with Gasteiger partial charge in [0.2, 0.25) is 0 Å². The molecule has 1 aliphatic heterocycles. The summed E-state index contributed by atoms with van der Waals surface area (Å²) in [6.07, 6.45) is 0. The highest BCUT2D eigenvalue weighted by molar-refractivity contribution is 6.34. The molecule has 1 aliphatic rings. The minimum atomic E-state index is 0.566. The summed E-state index contributed by atoms with van der Waals surface area (Å²) < 4.78 is 0. The Hall–Kier alpha value is -1.51. The lowest BCUT2D eigenvalue weighted by Crippen LogP contribution is -2.23. The topological polar surface area (TPSA) is 27.1 Å². The number of amidine groups is 1. The summed E-state index contributed by atoms with van der Waals surface area (Å²) >= 11 is 12.1. The molecule has 102 valence electrons. The number of rotatable bonds is 2. The maximum absolute atomic E-state index is 8.27. The van der Waals surface area contributed by atoms with Crippen molar-refractivity contribution in [3.63, 3.8) is 0 Å². The molecule has 2 aromatic rings. The number of aryl methyl sites for hydroxylation is 1. The van der Waals surface area contributed by atoms with Crippen molar-refractivity contribution in [2.75, 3.05) is 0 Å². The first-order chi connectivity index (χ1) is 9.52. The van der Waals surface area contributed by atoms with Gasteiger partial charge in [-0.25, -0.2) is 0 Å². The molecule has 1 N–H and O–H groups in total. The highest BCUT2D eigenvalue weighted by Gasteiger charge is 2.24. The summed E-state index contributed by atoms with van der Waals surface area (Å²) in [5.74, 6) is 0.566. The van der Waals surface area contributed by atoms with Gasteiger partial charge in [-0.1, -0.05) is 47.0 Å². The normalized spacial score (nSPS) is 13.8. The molecule has 0 saturated carbocycles. The van der Waals surface area contributed by atoms with E-state index in [2.05, 4.69) is 13.0 Å². The van der Waals surface area contributed by atoms with E-state index in [1.54, 1.807) is 6.07 Å².